The van der Waals surface area contributed by atoms with E-state index >= 15 is 0 Å². The first kappa shape index (κ1) is 25.0. The SMILES string of the molecule is C[C@H]1CCC[C@H](C)N1CCN(CCC(=O)N1CCNCC1)S(=O)(=O)c1ccc(F)c(F)c1. The molecule has 7 nitrogen and oxygen atoms in total. The van der Waals surface area contributed by atoms with Crippen molar-refractivity contribution < 1.29 is 22.0 Å². The zero-order valence-electron chi connectivity index (χ0n) is 18.9. The highest BCUT2D eigenvalue weighted by Gasteiger charge is 2.30. The second-order valence-electron chi connectivity index (χ2n) is 8.73. The summed E-state index contributed by atoms with van der Waals surface area (Å²) in [4.78, 5) is 16.3. The number of nitrogens with one attached hydrogen (secondary N) is 1. The Labute approximate surface area is 189 Å². The molecule has 1 aromatic carbocycles. The van der Waals surface area contributed by atoms with Gasteiger partial charge in [0.25, 0.3) is 0 Å². The van der Waals surface area contributed by atoms with Crippen LogP contribution in [0.4, 0.5) is 8.78 Å². The molecule has 0 bridgehead atoms. The van der Waals surface area contributed by atoms with E-state index < -0.39 is 21.7 Å². The Hall–Kier alpha value is -1.62. The number of carbonyl (C=O) groups is 1. The lowest BCUT2D eigenvalue weighted by Gasteiger charge is -2.40. The number of carbonyl (C=O) groups excluding carboxylic acids is 1. The molecule has 2 atom stereocenters. The number of piperidine rings is 1. The summed E-state index contributed by atoms with van der Waals surface area (Å²) in [7, 11) is -4.09. The summed E-state index contributed by atoms with van der Waals surface area (Å²) in [6.45, 7) is 7.60. The molecule has 3 rings (SSSR count). The van der Waals surface area contributed by atoms with E-state index in [0.29, 0.717) is 50.9 Å². The fourth-order valence-corrected chi connectivity index (χ4v) is 6.02. The van der Waals surface area contributed by atoms with Crippen LogP contribution in [0.3, 0.4) is 0 Å². The van der Waals surface area contributed by atoms with E-state index in [9.17, 15) is 22.0 Å². The fourth-order valence-electron chi connectivity index (χ4n) is 4.57. The number of sulfonamides is 1. The van der Waals surface area contributed by atoms with Crippen molar-refractivity contribution in [2.24, 2.45) is 0 Å². The summed E-state index contributed by atoms with van der Waals surface area (Å²) < 4.78 is 55.0. The molecule has 180 valence electrons. The number of piperazine rings is 1. The van der Waals surface area contributed by atoms with Crippen molar-refractivity contribution in [2.75, 3.05) is 45.8 Å². The fraction of sp³-hybridized carbons (Fsp3) is 0.682. The number of nitrogens with zero attached hydrogens (tertiary/aromatic N) is 3. The Morgan fingerprint density at radius 1 is 1.09 bits per heavy atom. The summed E-state index contributed by atoms with van der Waals surface area (Å²) >= 11 is 0. The lowest BCUT2D eigenvalue weighted by molar-refractivity contribution is -0.131. The van der Waals surface area contributed by atoms with Crippen LogP contribution in [0, 0.1) is 11.6 Å². The highest BCUT2D eigenvalue weighted by atomic mass is 32.2. The van der Waals surface area contributed by atoms with Crippen LogP contribution >= 0.6 is 0 Å². The molecule has 0 aliphatic carbocycles. The Balaban J connectivity index is 1.76. The Morgan fingerprint density at radius 3 is 2.38 bits per heavy atom. The quantitative estimate of drug-likeness (QED) is 0.627. The second-order valence-corrected chi connectivity index (χ2v) is 10.7. The van der Waals surface area contributed by atoms with Crippen LogP contribution in [0.5, 0.6) is 0 Å². The molecule has 2 saturated heterocycles. The average molecular weight is 473 g/mol. The lowest BCUT2D eigenvalue weighted by Crippen LogP contribution is -2.49. The third-order valence-corrected chi connectivity index (χ3v) is 8.45. The number of halogens is 2. The van der Waals surface area contributed by atoms with Crippen molar-refractivity contribution in [3.8, 4) is 0 Å². The molecule has 10 heteroatoms. The van der Waals surface area contributed by atoms with Crippen LogP contribution in [0.1, 0.15) is 39.5 Å². The predicted octanol–water partition coefficient (Wildman–Crippen LogP) is 2.04. The van der Waals surface area contributed by atoms with E-state index in [1.54, 1.807) is 4.90 Å². The molecule has 0 unspecified atom stereocenters. The monoisotopic (exact) mass is 472 g/mol. The number of hydrogen-bond acceptors (Lipinski definition) is 5. The summed E-state index contributed by atoms with van der Waals surface area (Å²) in [5.41, 5.74) is 0. The molecule has 1 aromatic rings. The van der Waals surface area contributed by atoms with E-state index in [1.165, 1.54) is 4.31 Å². The number of rotatable bonds is 8. The number of amides is 1. The van der Waals surface area contributed by atoms with Crippen LogP contribution in [-0.4, -0.2) is 86.3 Å². The molecular formula is C22H34F2N4O3S. The van der Waals surface area contributed by atoms with E-state index in [-0.39, 0.29) is 30.3 Å². The molecule has 1 N–H and O–H groups in total. The maximum atomic E-state index is 13.8. The van der Waals surface area contributed by atoms with Gasteiger partial charge in [-0.15, -0.1) is 0 Å². The van der Waals surface area contributed by atoms with Gasteiger partial charge >= 0.3 is 0 Å². The number of likely N-dealkylation sites (tertiary alicyclic amines) is 1. The third kappa shape index (κ3) is 6.03. The van der Waals surface area contributed by atoms with Gasteiger partial charge in [-0.05, 0) is 44.9 Å². The van der Waals surface area contributed by atoms with Crippen molar-refractivity contribution in [2.45, 2.75) is 56.5 Å². The molecular weight excluding hydrogens is 438 g/mol. The standard InChI is InChI=1S/C22H34F2N4O3S/c1-17-4-3-5-18(2)28(17)15-14-27(11-8-22(29)26-12-9-25-10-13-26)32(30,31)19-6-7-20(23)21(24)16-19/h6-7,16-18,25H,3-5,8-15H2,1-2H3/t17-,18-/m0/s1. The predicted molar refractivity (Wildman–Crippen MR) is 119 cm³/mol. The molecule has 2 aliphatic heterocycles. The first-order valence-electron chi connectivity index (χ1n) is 11.4. The maximum absolute atomic E-state index is 13.8. The largest absolute Gasteiger partial charge is 0.340 e. The van der Waals surface area contributed by atoms with Gasteiger partial charge in [-0.2, -0.15) is 4.31 Å². The maximum Gasteiger partial charge on any atom is 0.243 e. The second kappa shape index (κ2) is 11.0. The highest BCUT2D eigenvalue weighted by Crippen LogP contribution is 2.24. The minimum atomic E-state index is -4.09. The van der Waals surface area contributed by atoms with Gasteiger partial charge in [0, 0.05) is 64.3 Å². The van der Waals surface area contributed by atoms with Gasteiger partial charge in [-0.3, -0.25) is 9.69 Å². The van der Waals surface area contributed by atoms with Crippen LogP contribution in [0.25, 0.3) is 0 Å². The Kier molecular flexibility index (Phi) is 8.60. The van der Waals surface area contributed by atoms with E-state index in [2.05, 4.69) is 24.1 Å². The van der Waals surface area contributed by atoms with Crippen LogP contribution < -0.4 is 5.32 Å². The normalized spacial score (nSPS) is 23.0. The van der Waals surface area contributed by atoms with Crippen molar-refractivity contribution in [3.63, 3.8) is 0 Å². The van der Waals surface area contributed by atoms with E-state index in [1.807, 2.05) is 0 Å². The van der Waals surface area contributed by atoms with Gasteiger partial charge in [-0.25, -0.2) is 17.2 Å². The summed E-state index contributed by atoms with van der Waals surface area (Å²) in [6.07, 6.45) is 3.31. The zero-order valence-corrected chi connectivity index (χ0v) is 19.7. The lowest BCUT2D eigenvalue weighted by atomic mass is 9.98. The van der Waals surface area contributed by atoms with Gasteiger partial charge in [0.05, 0.1) is 4.90 Å². The number of benzene rings is 1. The van der Waals surface area contributed by atoms with Crippen molar-refractivity contribution in [1.82, 2.24) is 19.4 Å². The van der Waals surface area contributed by atoms with Crippen LogP contribution in [0.15, 0.2) is 23.1 Å². The Morgan fingerprint density at radius 2 is 1.75 bits per heavy atom. The van der Waals surface area contributed by atoms with Crippen LogP contribution in [-0.2, 0) is 14.8 Å². The van der Waals surface area contributed by atoms with E-state index in [4.69, 9.17) is 0 Å². The molecule has 0 spiro atoms. The van der Waals surface area contributed by atoms with Crippen molar-refractivity contribution >= 4 is 15.9 Å². The van der Waals surface area contributed by atoms with Gasteiger partial charge in [0.15, 0.2) is 11.6 Å². The topological polar surface area (TPSA) is 73.0 Å². The zero-order chi connectivity index (χ0) is 23.3. The third-order valence-electron chi connectivity index (χ3n) is 6.56. The summed E-state index contributed by atoms with van der Waals surface area (Å²) in [5, 5.41) is 3.18. The minimum Gasteiger partial charge on any atom is -0.340 e. The molecule has 0 radical (unpaired) electrons. The first-order valence-corrected chi connectivity index (χ1v) is 12.8. The van der Waals surface area contributed by atoms with Gasteiger partial charge in [0.2, 0.25) is 15.9 Å². The molecule has 0 aromatic heterocycles. The van der Waals surface area contributed by atoms with Gasteiger partial charge in [0.1, 0.15) is 0 Å². The molecule has 0 saturated carbocycles. The Bertz CT molecular complexity index is 883. The number of hydrogen-bond donors (Lipinski definition) is 1. The smallest absolute Gasteiger partial charge is 0.243 e. The highest BCUT2D eigenvalue weighted by molar-refractivity contribution is 7.89. The first-order chi connectivity index (χ1) is 15.2. The van der Waals surface area contributed by atoms with Gasteiger partial charge < -0.3 is 10.2 Å². The van der Waals surface area contributed by atoms with Crippen molar-refractivity contribution in [3.05, 3.63) is 29.8 Å². The summed E-state index contributed by atoms with van der Waals surface area (Å²) in [6, 6.07) is 3.29. The van der Waals surface area contributed by atoms with Gasteiger partial charge in [-0.1, -0.05) is 6.42 Å². The van der Waals surface area contributed by atoms with E-state index in [0.717, 1.165) is 31.4 Å². The molecule has 32 heavy (non-hydrogen) atoms. The molecule has 2 heterocycles. The molecule has 2 aliphatic rings. The molecule has 1 amide bonds. The minimum absolute atomic E-state index is 0.000687. The average Bonchev–Trinajstić information content (AvgIpc) is 2.77. The van der Waals surface area contributed by atoms with Crippen LogP contribution in [0.2, 0.25) is 0 Å². The summed E-state index contributed by atoms with van der Waals surface area (Å²) in [5.74, 6) is -2.40. The molecule has 2 fully saturated rings. The van der Waals surface area contributed by atoms with Crippen molar-refractivity contribution in [1.29, 1.82) is 0 Å².